The highest BCUT2D eigenvalue weighted by atomic mass is 16.5. The largest absolute Gasteiger partial charge is 0.376 e. The van der Waals surface area contributed by atoms with Gasteiger partial charge in [-0.3, -0.25) is 15.0 Å². The van der Waals surface area contributed by atoms with Crippen molar-refractivity contribution in [2.24, 2.45) is 0 Å². The van der Waals surface area contributed by atoms with Gasteiger partial charge in [0.15, 0.2) is 5.69 Å². The van der Waals surface area contributed by atoms with Gasteiger partial charge in [0, 0.05) is 48.6 Å². The first-order valence-electron chi connectivity index (χ1n) is 7.75. The Hall–Kier alpha value is -2.15. The van der Waals surface area contributed by atoms with Gasteiger partial charge in [0.1, 0.15) is 0 Å². The molecule has 0 bridgehead atoms. The highest BCUT2D eigenvalue weighted by molar-refractivity contribution is 5.94. The lowest BCUT2D eigenvalue weighted by molar-refractivity contribution is 0.0687. The normalized spacial score (nSPS) is 21.6. The van der Waals surface area contributed by atoms with Gasteiger partial charge in [0.25, 0.3) is 5.91 Å². The number of hydrogen-bond acceptors (Lipinski definition) is 4. The van der Waals surface area contributed by atoms with Crippen molar-refractivity contribution in [2.45, 2.75) is 31.8 Å². The standard InChI is InChI=1S/C15H19N5O2/c21-15(14-11-9-22-7-4-13(11)18-19-14)20-6-1-2-10(8-20)12-3-5-16-17-12/h3,5,10H,1-2,4,6-9H2,(H,16,17)(H,18,19)/t10-/m0/s1. The van der Waals surface area contributed by atoms with Crippen molar-refractivity contribution < 1.29 is 9.53 Å². The van der Waals surface area contributed by atoms with E-state index in [1.54, 1.807) is 6.20 Å². The third kappa shape index (κ3) is 2.31. The molecule has 1 amide bonds. The van der Waals surface area contributed by atoms with E-state index < -0.39 is 0 Å². The molecule has 4 heterocycles. The number of hydrogen-bond donors (Lipinski definition) is 2. The van der Waals surface area contributed by atoms with Gasteiger partial charge in [0.2, 0.25) is 0 Å². The lowest BCUT2D eigenvalue weighted by atomic mass is 9.94. The second-order valence-electron chi connectivity index (χ2n) is 5.93. The number of rotatable bonds is 2. The Balaban J connectivity index is 1.54. The van der Waals surface area contributed by atoms with Crippen molar-refractivity contribution >= 4 is 5.91 Å². The minimum atomic E-state index is 0.00668. The molecule has 2 N–H and O–H groups in total. The van der Waals surface area contributed by atoms with E-state index in [1.165, 1.54) is 0 Å². The maximum Gasteiger partial charge on any atom is 0.274 e. The van der Waals surface area contributed by atoms with Crippen molar-refractivity contribution in [3.05, 3.63) is 34.9 Å². The van der Waals surface area contributed by atoms with Crippen LogP contribution in [0.4, 0.5) is 0 Å². The molecule has 0 aliphatic carbocycles. The molecule has 4 rings (SSSR count). The number of carbonyl (C=O) groups excluding carboxylic acids is 1. The number of nitrogens with zero attached hydrogens (tertiary/aromatic N) is 3. The minimum Gasteiger partial charge on any atom is -0.376 e. The van der Waals surface area contributed by atoms with Gasteiger partial charge in [-0.05, 0) is 18.9 Å². The maximum absolute atomic E-state index is 12.8. The minimum absolute atomic E-state index is 0.00668. The Bertz CT molecular complexity index is 664. The van der Waals surface area contributed by atoms with Crippen molar-refractivity contribution in [1.29, 1.82) is 0 Å². The molecular formula is C15H19N5O2. The van der Waals surface area contributed by atoms with Gasteiger partial charge in [-0.1, -0.05) is 0 Å². The van der Waals surface area contributed by atoms with Crippen LogP contribution < -0.4 is 0 Å². The SMILES string of the molecule is O=C(c1n[nH]c2c1COCC2)N1CCC[C@H](c2ccn[nH]2)C1. The van der Waals surface area contributed by atoms with Gasteiger partial charge in [0.05, 0.1) is 13.2 Å². The summed E-state index contributed by atoms with van der Waals surface area (Å²) < 4.78 is 5.47. The molecule has 7 heteroatoms. The zero-order valence-electron chi connectivity index (χ0n) is 12.3. The van der Waals surface area contributed by atoms with Crippen LogP contribution >= 0.6 is 0 Å². The van der Waals surface area contributed by atoms with Crippen LogP contribution in [0.15, 0.2) is 12.3 Å². The van der Waals surface area contributed by atoms with Crippen LogP contribution in [-0.4, -0.2) is 50.9 Å². The molecule has 1 fully saturated rings. The van der Waals surface area contributed by atoms with E-state index in [-0.39, 0.29) is 5.91 Å². The molecule has 2 aromatic rings. The Morgan fingerprint density at radius 3 is 3.23 bits per heavy atom. The number of carbonyl (C=O) groups is 1. The third-order valence-electron chi connectivity index (χ3n) is 4.57. The fourth-order valence-electron chi connectivity index (χ4n) is 3.35. The molecule has 22 heavy (non-hydrogen) atoms. The number of ether oxygens (including phenoxy) is 1. The number of nitrogens with one attached hydrogen (secondary N) is 2. The highest BCUT2D eigenvalue weighted by Crippen LogP contribution is 2.27. The molecular weight excluding hydrogens is 282 g/mol. The summed E-state index contributed by atoms with van der Waals surface area (Å²) in [7, 11) is 0. The molecule has 7 nitrogen and oxygen atoms in total. The number of amides is 1. The van der Waals surface area contributed by atoms with Gasteiger partial charge >= 0.3 is 0 Å². The van der Waals surface area contributed by atoms with Crippen LogP contribution in [0.25, 0.3) is 0 Å². The summed E-state index contributed by atoms with van der Waals surface area (Å²) in [6, 6.07) is 1.99. The van der Waals surface area contributed by atoms with Crippen molar-refractivity contribution in [1.82, 2.24) is 25.3 Å². The Morgan fingerprint density at radius 2 is 2.36 bits per heavy atom. The van der Waals surface area contributed by atoms with Gasteiger partial charge in [-0.25, -0.2) is 0 Å². The van der Waals surface area contributed by atoms with E-state index in [2.05, 4.69) is 20.4 Å². The zero-order chi connectivity index (χ0) is 14.9. The summed E-state index contributed by atoms with van der Waals surface area (Å²) in [5, 5.41) is 14.3. The highest BCUT2D eigenvalue weighted by Gasteiger charge is 2.30. The quantitative estimate of drug-likeness (QED) is 0.873. The Labute approximate surface area is 128 Å². The fourth-order valence-corrected chi connectivity index (χ4v) is 3.35. The van der Waals surface area contributed by atoms with Gasteiger partial charge in [-0.15, -0.1) is 0 Å². The predicted octanol–water partition coefficient (Wildman–Crippen LogP) is 1.23. The average Bonchev–Trinajstić information content (AvgIpc) is 3.24. The first-order valence-corrected chi connectivity index (χ1v) is 7.75. The number of aromatic amines is 2. The van der Waals surface area contributed by atoms with Gasteiger partial charge in [-0.2, -0.15) is 10.2 Å². The molecule has 0 unspecified atom stereocenters. The first kappa shape index (κ1) is 13.5. The molecule has 0 aromatic carbocycles. The van der Waals surface area contributed by atoms with E-state index >= 15 is 0 Å². The van der Waals surface area contributed by atoms with Crippen LogP contribution in [0, 0.1) is 0 Å². The fraction of sp³-hybridized carbons (Fsp3) is 0.533. The second-order valence-corrected chi connectivity index (χ2v) is 5.93. The molecule has 2 aliphatic heterocycles. The molecule has 1 atom stereocenters. The number of fused-ring (bicyclic) bond motifs is 1. The first-order chi connectivity index (χ1) is 10.8. The number of piperidine rings is 1. The van der Waals surface area contributed by atoms with Crippen LogP contribution in [0.3, 0.4) is 0 Å². The van der Waals surface area contributed by atoms with Crippen LogP contribution in [-0.2, 0) is 17.8 Å². The van der Waals surface area contributed by atoms with Gasteiger partial charge < -0.3 is 9.64 Å². The van der Waals surface area contributed by atoms with E-state index in [0.29, 0.717) is 31.4 Å². The summed E-state index contributed by atoms with van der Waals surface area (Å²) in [6.45, 7) is 2.66. The topological polar surface area (TPSA) is 86.9 Å². The molecule has 0 radical (unpaired) electrons. The molecule has 2 aliphatic rings. The Morgan fingerprint density at radius 1 is 1.41 bits per heavy atom. The number of H-pyrrole nitrogens is 2. The third-order valence-corrected chi connectivity index (χ3v) is 4.57. The maximum atomic E-state index is 12.8. The average molecular weight is 301 g/mol. The molecule has 2 aromatic heterocycles. The molecule has 0 saturated carbocycles. The number of aromatic nitrogens is 4. The van der Waals surface area contributed by atoms with Crippen LogP contribution in [0.1, 0.15) is 46.2 Å². The number of likely N-dealkylation sites (tertiary alicyclic amines) is 1. The van der Waals surface area contributed by atoms with E-state index in [9.17, 15) is 4.79 Å². The summed E-state index contributed by atoms with van der Waals surface area (Å²) >= 11 is 0. The lowest BCUT2D eigenvalue weighted by Gasteiger charge is -2.32. The molecule has 1 saturated heterocycles. The van der Waals surface area contributed by atoms with Crippen molar-refractivity contribution in [3.8, 4) is 0 Å². The van der Waals surface area contributed by atoms with E-state index in [1.807, 2.05) is 11.0 Å². The van der Waals surface area contributed by atoms with Crippen molar-refractivity contribution in [3.63, 3.8) is 0 Å². The summed E-state index contributed by atoms with van der Waals surface area (Å²) in [5.41, 5.74) is 3.60. The van der Waals surface area contributed by atoms with Crippen molar-refractivity contribution in [2.75, 3.05) is 19.7 Å². The summed E-state index contributed by atoms with van der Waals surface area (Å²) in [4.78, 5) is 14.7. The van der Waals surface area contributed by atoms with E-state index in [0.717, 1.165) is 42.8 Å². The zero-order valence-corrected chi connectivity index (χ0v) is 12.3. The lowest BCUT2D eigenvalue weighted by Crippen LogP contribution is -2.39. The summed E-state index contributed by atoms with van der Waals surface area (Å²) in [6.07, 6.45) is 4.64. The predicted molar refractivity (Wildman–Crippen MR) is 78.4 cm³/mol. The van der Waals surface area contributed by atoms with Crippen LogP contribution in [0.5, 0.6) is 0 Å². The monoisotopic (exact) mass is 301 g/mol. The van der Waals surface area contributed by atoms with Crippen LogP contribution in [0.2, 0.25) is 0 Å². The van der Waals surface area contributed by atoms with E-state index in [4.69, 9.17) is 4.74 Å². The smallest absolute Gasteiger partial charge is 0.274 e. The summed E-state index contributed by atoms with van der Waals surface area (Å²) in [5.74, 6) is 0.332. The molecule has 116 valence electrons. The second kappa shape index (κ2) is 5.57. The Kier molecular flexibility index (Phi) is 3.42. The molecule has 0 spiro atoms.